The van der Waals surface area contributed by atoms with Crippen molar-refractivity contribution in [2.75, 3.05) is 14.2 Å². The molecule has 5 heteroatoms. The fourth-order valence-electron chi connectivity index (χ4n) is 1.04. The van der Waals surface area contributed by atoms with Crippen molar-refractivity contribution in [3.05, 3.63) is 0 Å². The van der Waals surface area contributed by atoms with Crippen LogP contribution in [0, 0.1) is 0 Å². The Morgan fingerprint density at radius 1 is 1.50 bits per heavy atom. The van der Waals surface area contributed by atoms with Gasteiger partial charge in [-0.2, -0.15) is 0 Å². The van der Waals surface area contributed by atoms with Gasteiger partial charge in [-0.1, -0.05) is 6.92 Å². The van der Waals surface area contributed by atoms with Crippen molar-refractivity contribution in [3.8, 4) is 0 Å². The van der Waals surface area contributed by atoms with E-state index in [4.69, 9.17) is 14.0 Å². The van der Waals surface area contributed by atoms with Gasteiger partial charge in [0.15, 0.2) is 0 Å². The van der Waals surface area contributed by atoms with Gasteiger partial charge < -0.3 is 14.0 Å². The Hall–Kier alpha value is -0.393. The number of hydrogen-bond acceptors (Lipinski definition) is 3. The summed E-state index contributed by atoms with van der Waals surface area (Å²) in [5.74, 6) is -0.842. The van der Waals surface area contributed by atoms with Crippen LogP contribution in [0.25, 0.3) is 0 Å². The van der Waals surface area contributed by atoms with E-state index in [9.17, 15) is 4.79 Å². The van der Waals surface area contributed by atoms with Crippen LogP contribution in [0.4, 0.5) is 0 Å². The van der Waals surface area contributed by atoms with Gasteiger partial charge in [-0.25, -0.2) is 0 Å². The number of aliphatic carboxylic acids is 1. The maximum Gasteiger partial charge on any atom is 0.338 e. The first kappa shape index (κ1) is 11.6. The predicted octanol–water partition coefficient (Wildman–Crippen LogP) is 0.755. The molecule has 0 aliphatic carbocycles. The minimum atomic E-state index is -2.08. The number of carboxylic acids is 1. The van der Waals surface area contributed by atoms with Crippen LogP contribution >= 0.6 is 0 Å². The van der Waals surface area contributed by atoms with Gasteiger partial charge in [-0.05, 0) is 13.3 Å². The fraction of sp³-hybridized carbons (Fsp3) is 0.857. The molecule has 0 aromatic carbocycles. The zero-order chi connectivity index (χ0) is 9.78. The third-order valence-electron chi connectivity index (χ3n) is 2.17. The van der Waals surface area contributed by atoms with Crippen molar-refractivity contribution in [1.82, 2.24) is 0 Å². The first-order valence-corrected chi connectivity index (χ1v) is 5.34. The smallest absolute Gasteiger partial charge is 0.338 e. The summed E-state index contributed by atoms with van der Waals surface area (Å²) in [5.41, 5.74) is 0. The van der Waals surface area contributed by atoms with E-state index < -0.39 is 20.3 Å². The molecule has 1 unspecified atom stereocenters. The quantitative estimate of drug-likeness (QED) is 0.653. The third kappa shape index (κ3) is 2.06. The Morgan fingerprint density at radius 2 is 1.92 bits per heavy atom. The predicted molar refractivity (Wildman–Crippen MR) is 47.5 cm³/mol. The number of hydrogen-bond donors (Lipinski definition) is 1. The fourth-order valence-corrected chi connectivity index (χ4v) is 2.80. The maximum atomic E-state index is 10.9. The van der Waals surface area contributed by atoms with Gasteiger partial charge in [-0.3, -0.25) is 4.79 Å². The van der Waals surface area contributed by atoms with Gasteiger partial charge in [0, 0.05) is 14.2 Å². The van der Waals surface area contributed by atoms with Crippen LogP contribution in [-0.4, -0.2) is 34.6 Å². The molecule has 1 atom stereocenters. The highest BCUT2D eigenvalue weighted by Crippen LogP contribution is 2.33. The summed E-state index contributed by atoms with van der Waals surface area (Å²) in [6, 6.07) is 0. The van der Waals surface area contributed by atoms with E-state index in [0.29, 0.717) is 6.42 Å². The first-order chi connectivity index (χ1) is 5.52. The molecular formula is C7H16O4Si. The van der Waals surface area contributed by atoms with Crippen LogP contribution in [-0.2, 0) is 13.6 Å². The maximum absolute atomic E-state index is 10.9. The first-order valence-electron chi connectivity index (χ1n) is 3.81. The molecule has 0 fully saturated rings. The van der Waals surface area contributed by atoms with Crippen LogP contribution in [0.2, 0.25) is 5.04 Å². The van der Waals surface area contributed by atoms with E-state index >= 15 is 0 Å². The molecule has 12 heavy (non-hydrogen) atoms. The molecule has 4 nitrogen and oxygen atoms in total. The lowest BCUT2D eigenvalue weighted by atomic mass is 10.1. The van der Waals surface area contributed by atoms with Crippen LogP contribution in [0.1, 0.15) is 20.3 Å². The second kappa shape index (κ2) is 4.59. The van der Waals surface area contributed by atoms with Gasteiger partial charge >= 0.3 is 15.3 Å². The van der Waals surface area contributed by atoms with Crippen molar-refractivity contribution < 1.29 is 18.8 Å². The van der Waals surface area contributed by atoms with Crippen molar-refractivity contribution in [2.45, 2.75) is 25.3 Å². The van der Waals surface area contributed by atoms with Crippen LogP contribution in [0.3, 0.4) is 0 Å². The summed E-state index contributed by atoms with van der Waals surface area (Å²) >= 11 is 0. The van der Waals surface area contributed by atoms with E-state index in [1.807, 2.05) is 6.92 Å². The number of carbonyl (C=O) groups is 1. The van der Waals surface area contributed by atoms with Gasteiger partial charge in [0.05, 0.1) is 0 Å². The summed E-state index contributed by atoms with van der Waals surface area (Å²) in [5, 5.41) is 8.11. The molecule has 0 amide bonds. The molecule has 1 N–H and O–H groups in total. The zero-order valence-corrected chi connectivity index (χ0v) is 9.11. The molecule has 0 bridgehead atoms. The lowest BCUT2D eigenvalue weighted by Gasteiger charge is -2.28. The standard InChI is InChI=1S/C7H16O4Si/c1-5-7(2,6(8)9)12(10-3)11-4/h12H,5H2,1-4H3,(H,8,9). The molecule has 0 aliphatic heterocycles. The van der Waals surface area contributed by atoms with Crippen LogP contribution in [0.5, 0.6) is 0 Å². The molecule has 0 aromatic heterocycles. The van der Waals surface area contributed by atoms with E-state index in [1.54, 1.807) is 6.92 Å². The molecule has 0 saturated heterocycles. The zero-order valence-electron chi connectivity index (χ0n) is 7.96. The molecule has 0 radical (unpaired) electrons. The third-order valence-corrected chi connectivity index (χ3v) is 4.72. The number of carboxylic acid groups (broad SMARTS) is 1. The second-order valence-corrected chi connectivity index (χ2v) is 5.76. The van der Waals surface area contributed by atoms with Crippen LogP contribution in [0.15, 0.2) is 0 Å². The van der Waals surface area contributed by atoms with Crippen molar-refractivity contribution in [3.63, 3.8) is 0 Å². The van der Waals surface area contributed by atoms with E-state index in [2.05, 4.69) is 0 Å². The normalized spacial score (nSPS) is 16.1. The van der Waals surface area contributed by atoms with Gasteiger partial charge in [0.25, 0.3) is 0 Å². The molecular weight excluding hydrogens is 176 g/mol. The van der Waals surface area contributed by atoms with Gasteiger partial charge in [-0.15, -0.1) is 0 Å². The van der Waals surface area contributed by atoms with Crippen molar-refractivity contribution >= 4 is 15.3 Å². The van der Waals surface area contributed by atoms with E-state index in [0.717, 1.165) is 0 Å². The Labute approximate surface area is 74.3 Å². The summed E-state index contributed by atoms with van der Waals surface area (Å²) < 4.78 is 10.1. The summed E-state index contributed by atoms with van der Waals surface area (Å²) in [6.07, 6.45) is 0.529. The lowest BCUT2D eigenvalue weighted by molar-refractivity contribution is -0.141. The summed E-state index contributed by atoms with van der Waals surface area (Å²) in [4.78, 5) is 10.9. The highest BCUT2D eigenvalue weighted by atomic mass is 28.3. The Morgan fingerprint density at radius 3 is 2.00 bits per heavy atom. The van der Waals surface area contributed by atoms with Gasteiger partial charge in [0.2, 0.25) is 0 Å². The summed E-state index contributed by atoms with van der Waals surface area (Å²) in [6.45, 7) is 3.49. The van der Waals surface area contributed by atoms with E-state index in [1.165, 1.54) is 14.2 Å². The highest BCUT2D eigenvalue weighted by Gasteiger charge is 2.43. The largest absolute Gasteiger partial charge is 0.481 e. The molecule has 0 rings (SSSR count). The lowest BCUT2D eigenvalue weighted by Crippen LogP contribution is -2.40. The molecule has 72 valence electrons. The molecule has 0 heterocycles. The Kier molecular flexibility index (Phi) is 4.44. The highest BCUT2D eigenvalue weighted by molar-refractivity contribution is 6.54. The molecule has 0 saturated carbocycles. The van der Waals surface area contributed by atoms with E-state index in [-0.39, 0.29) is 0 Å². The second-order valence-electron chi connectivity index (χ2n) is 2.88. The average molecular weight is 192 g/mol. The SMILES string of the molecule is CCC(C)(C(=O)O)[SiH](OC)OC. The molecule has 0 aliphatic rings. The monoisotopic (exact) mass is 192 g/mol. The Balaban J connectivity index is 4.58. The number of rotatable bonds is 5. The molecule has 0 aromatic rings. The average Bonchev–Trinajstić information content (AvgIpc) is 2.05. The minimum absolute atomic E-state index is 0.529. The summed E-state index contributed by atoms with van der Waals surface area (Å²) in [7, 11) is 0.915. The topological polar surface area (TPSA) is 55.8 Å². The molecule has 0 spiro atoms. The minimum Gasteiger partial charge on any atom is -0.481 e. The van der Waals surface area contributed by atoms with Crippen LogP contribution < -0.4 is 0 Å². The van der Waals surface area contributed by atoms with Crippen molar-refractivity contribution in [1.29, 1.82) is 0 Å². The van der Waals surface area contributed by atoms with Crippen molar-refractivity contribution in [2.24, 2.45) is 0 Å². The van der Waals surface area contributed by atoms with Gasteiger partial charge in [0.1, 0.15) is 5.04 Å². The Bertz CT molecular complexity index is 157.